The van der Waals surface area contributed by atoms with Gasteiger partial charge in [0.25, 0.3) is 0 Å². The zero-order valence-corrected chi connectivity index (χ0v) is 13.1. The molecule has 0 radical (unpaired) electrons. The molecule has 1 N–H and O–H groups in total. The molecule has 1 heterocycles. The first-order chi connectivity index (χ1) is 11.1. The van der Waals surface area contributed by atoms with Crippen LogP contribution in [0.25, 0.3) is 0 Å². The minimum atomic E-state index is -0.188. The van der Waals surface area contributed by atoms with Gasteiger partial charge in [0.2, 0.25) is 5.91 Å². The van der Waals surface area contributed by atoms with Crippen molar-refractivity contribution in [1.82, 2.24) is 5.01 Å². The summed E-state index contributed by atoms with van der Waals surface area (Å²) >= 11 is 0. The topological polar surface area (TPSA) is 62.1 Å². The summed E-state index contributed by atoms with van der Waals surface area (Å²) in [5.41, 5.74) is 2.64. The van der Waals surface area contributed by atoms with Crippen LogP contribution in [0.15, 0.2) is 53.6 Å². The van der Waals surface area contributed by atoms with Gasteiger partial charge in [-0.1, -0.05) is 18.2 Å². The number of phenolic OH excluding ortho intramolecular Hbond substituents is 1. The predicted octanol–water partition coefficient (Wildman–Crippen LogP) is 3.10. The van der Waals surface area contributed by atoms with Crippen LogP contribution in [-0.4, -0.2) is 28.8 Å². The van der Waals surface area contributed by atoms with Crippen molar-refractivity contribution in [3.63, 3.8) is 0 Å². The molecule has 118 valence electrons. The number of hydrogen-bond acceptors (Lipinski definition) is 4. The Labute approximate surface area is 134 Å². The van der Waals surface area contributed by atoms with Crippen molar-refractivity contribution in [3.8, 4) is 11.5 Å². The molecule has 0 fully saturated rings. The monoisotopic (exact) mass is 310 g/mol. The average molecular weight is 310 g/mol. The predicted molar refractivity (Wildman–Crippen MR) is 87.5 cm³/mol. The molecule has 5 nitrogen and oxygen atoms in total. The molecule has 3 rings (SSSR count). The van der Waals surface area contributed by atoms with Gasteiger partial charge in [-0.05, 0) is 35.9 Å². The number of amides is 1. The van der Waals surface area contributed by atoms with Crippen LogP contribution in [0.4, 0.5) is 0 Å². The molecule has 0 spiro atoms. The second-order valence-electron chi connectivity index (χ2n) is 5.42. The van der Waals surface area contributed by atoms with Crippen molar-refractivity contribution in [2.75, 3.05) is 7.11 Å². The Bertz CT molecular complexity index is 753. The molecule has 0 aliphatic carbocycles. The highest BCUT2D eigenvalue weighted by molar-refractivity contribution is 6.03. The summed E-state index contributed by atoms with van der Waals surface area (Å²) in [6, 6.07) is 14.3. The zero-order chi connectivity index (χ0) is 16.4. The Kier molecular flexibility index (Phi) is 4.02. The van der Waals surface area contributed by atoms with Crippen LogP contribution in [0, 0.1) is 0 Å². The number of methoxy groups -OCH3 is 1. The third-order valence-corrected chi connectivity index (χ3v) is 3.93. The van der Waals surface area contributed by atoms with Crippen molar-refractivity contribution >= 4 is 11.6 Å². The van der Waals surface area contributed by atoms with E-state index in [0.717, 1.165) is 22.6 Å². The number of para-hydroxylation sites is 1. The van der Waals surface area contributed by atoms with E-state index in [1.807, 2.05) is 24.3 Å². The van der Waals surface area contributed by atoms with Crippen molar-refractivity contribution < 1.29 is 14.6 Å². The summed E-state index contributed by atoms with van der Waals surface area (Å²) in [7, 11) is 1.62. The van der Waals surface area contributed by atoms with Gasteiger partial charge >= 0.3 is 0 Å². The minimum Gasteiger partial charge on any atom is -0.508 e. The third-order valence-electron chi connectivity index (χ3n) is 3.93. The molecule has 23 heavy (non-hydrogen) atoms. The highest BCUT2D eigenvalue weighted by Crippen LogP contribution is 2.37. The van der Waals surface area contributed by atoms with Gasteiger partial charge in [-0.25, -0.2) is 5.01 Å². The lowest BCUT2D eigenvalue weighted by atomic mass is 9.97. The van der Waals surface area contributed by atoms with E-state index in [1.165, 1.54) is 11.9 Å². The molecule has 1 aliphatic rings. The van der Waals surface area contributed by atoms with Crippen LogP contribution in [0.2, 0.25) is 0 Å². The highest BCUT2D eigenvalue weighted by atomic mass is 16.5. The maximum atomic E-state index is 12.0. The maximum Gasteiger partial charge on any atom is 0.240 e. The molecule has 1 aliphatic heterocycles. The molecule has 2 aromatic carbocycles. The first-order valence-corrected chi connectivity index (χ1v) is 7.39. The molecule has 1 atom stereocenters. The number of hydrazone groups is 1. The largest absolute Gasteiger partial charge is 0.508 e. The molecular formula is C18H18N2O3. The lowest BCUT2D eigenvalue weighted by molar-refractivity contribution is -0.130. The number of benzene rings is 2. The normalized spacial score (nSPS) is 17.0. The quantitative estimate of drug-likeness (QED) is 0.947. The lowest BCUT2D eigenvalue weighted by Crippen LogP contribution is -2.24. The van der Waals surface area contributed by atoms with E-state index in [-0.39, 0.29) is 17.7 Å². The highest BCUT2D eigenvalue weighted by Gasteiger charge is 2.33. The van der Waals surface area contributed by atoms with E-state index in [0.29, 0.717) is 6.42 Å². The molecule has 5 heteroatoms. The number of phenols is 1. The zero-order valence-electron chi connectivity index (χ0n) is 13.1. The second-order valence-corrected chi connectivity index (χ2v) is 5.42. The first-order valence-electron chi connectivity index (χ1n) is 7.39. The smallest absolute Gasteiger partial charge is 0.240 e. The number of rotatable bonds is 3. The molecule has 0 saturated carbocycles. The molecule has 1 unspecified atom stereocenters. The van der Waals surface area contributed by atoms with E-state index in [1.54, 1.807) is 31.4 Å². The molecule has 0 saturated heterocycles. The molecule has 2 aromatic rings. The van der Waals surface area contributed by atoms with E-state index in [9.17, 15) is 9.90 Å². The fourth-order valence-corrected chi connectivity index (χ4v) is 2.81. The van der Waals surface area contributed by atoms with Crippen LogP contribution in [0.5, 0.6) is 11.5 Å². The minimum absolute atomic E-state index is 0.116. The number of ether oxygens (including phenoxy) is 1. The fraction of sp³-hybridized carbons (Fsp3) is 0.222. The van der Waals surface area contributed by atoms with Gasteiger partial charge in [0, 0.05) is 18.9 Å². The molecule has 0 bridgehead atoms. The second kappa shape index (κ2) is 6.12. The summed E-state index contributed by atoms with van der Waals surface area (Å²) in [6.45, 7) is 1.51. The number of nitrogens with zero attached hydrogens (tertiary/aromatic N) is 2. The fourth-order valence-electron chi connectivity index (χ4n) is 2.81. The summed E-state index contributed by atoms with van der Waals surface area (Å²) < 4.78 is 5.42. The first kappa shape index (κ1) is 15.1. The van der Waals surface area contributed by atoms with E-state index < -0.39 is 0 Å². The standard InChI is InChI=1S/C18H18N2O3/c1-12(21)20-17(15-5-3-4-6-18(15)23-2)11-16(19-20)13-7-9-14(22)10-8-13/h3-10,17,22H,11H2,1-2H3. The summed E-state index contributed by atoms with van der Waals surface area (Å²) in [5, 5.41) is 15.4. The Morgan fingerprint density at radius 3 is 2.57 bits per heavy atom. The lowest BCUT2D eigenvalue weighted by Gasteiger charge is -2.22. The van der Waals surface area contributed by atoms with Gasteiger partial charge in [0.1, 0.15) is 11.5 Å². The Hall–Kier alpha value is -2.82. The van der Waals surface area contributed by atoms with Crippen molar-refractivity contribution in [1.29, 1.82) is 0 Å². The number of hydrogen-bond donors (Lipinski definition) is 1. The van der Waals surface area contributed by atoms with Crippen molar-refractivity contribution in [3.05, 3.63) is 59.7 Å². The van der Waals surface area contributed by atoms with Gasteiger partial charge in [-0.15, -0.1) is 0 Å². The molecule has 0 aromatic heterocycles. The third kappa shape index (κ3) is 2.90. The van der Waals surface area contributed by atoms with Crippen molar-refractivity contribution in [2.24, 2.45) is 5.10 Å². The van der Waals surface area contributed by atoms with Crippen molar-refractivity contribution in [2.45, 2.75) is 19.4 Å². The number of carbonyl (C=O) groups excluding carboxylic acids is 1. The Morgan fingerprint density at radius 2 is 1.91 bits per heavy atom. The van der Waals surface area contributed by atoms with E-state index in [4.69, 9.17) is 4.74 Å². The van der Waals surface area contributed by atoms with E-state index in [2.05, 4.69) is 5.10 Å². The number of aromatic hydroxyl groups is 1. The SMILES string of the molecule is COc1ccccc1C1CC(c2ccc(O)cc2)=NN1C(C)=O. The van der Waals surface area contributed by atoms with Gasteiger partial charge in [-0.3, -0.25) is 4.79 Å². The van der Waals surface area contributed by atoms with Crippen LogP contribution in [0.1, 0.15) is 30.5 Å². The van der Waals surface area contributed by atoms with E-state index >= 15 is 0 Å². The van der Waals surface area contributed by atoms with Gasteiger partial charge in [0.05, 0.1) is 18.9 Å². The van der Waals surface area contributed by atoms with Crippen LogP contribution in [-0.2, 0) is 4.79 Å². The van der Waals surface area contributed by atoms with Crippen LogP contribution in [0.3, 0.4) is 0 Å². The van der Waals surface area contributed by atoms with Crippen LogP contribution >= 0.6 is 0 Å². The Balaban J connectivity index is 1.97. The van der Waals surface area contributed by atoms with Crippen LogP contribution < -0.4 is 4.74 Å². The number of carbonyl (C=O) groups is 1. The molecular weight excluding hydrogens is 292 g/mol. The molecule has 1 amide bonds. The average Bonchev–Trinajstić information content (AvgIpc) is 3.01. The summed E-state index contributed by atoms with van der Waals surface area (Å²) in [5.74, 6) is 0.831. The summed E-state index contributed by atoms with van der Waals surface area (Å²) in [6.07, 6.45) is 0.602. The van der Waals surface area contributed by atoms with Gasteiger partial charge in [0.15, 0.2) is 0 Å². The van der Waals surface area contributed by atoms with Gasteiger partial charge < -0.3 is 9.84 Å². The Morgan fingerprint density at radius 1 is 1.22 bits per heavy atom. The van der Waals surface area contributed by atoms with Gasteiger partial charge in [-0.2, -0.15) is 5.10 Å². The maximum absolute atomic E-state index is 12.0. The summed E-state index contributed by atoms with van der Waals surface area (Å²) in [4.78, 5) is 12.0.